The quantitative estimate of drug-likeness (QED) is 0.547. The molecule has 2 aliphatic rings. The van der Waals surface area contributed by atoms with E-state index in [1.165, 1.54) is 6.92 Å². The first-order chi connectivity index (χ1) is 5.68. The number of hydrogen-bond donors (Lipinski definition) is 0. The van der Waals surface area contributed by atoms with Crippen molar-refractivity contribution in [3.8, 4) is 0 Å². The molecule has 0 aliphatic heterocycles. The van der Waals surface area contributed by atoms with Gasteiger partial charge in [0.05, 0.1) is 0 Å². The largest absolute Gasteiger partial charge is 0.462 e. The molecule has 0 N–H and O–H groups in total. The van der Waals surface area contributed by atoms with Crippen LogP contribution >= 0.6 is 0 Å². The highest BCUT2D eigenvalue weighted by molar-refractivity contribution is 5.85. The molecule has 0 saturated heterocycles. The summed E-state index contributed by atoms with van der Waals surface area (Å²) in [5.41, 5.74) is 0. The Bertz CT molecular complexity index is 232. The number of Topliss-reactive ketones (excluding diaryl/α,β-unsaturated/α-hetero) is 1. The number of esters is 1. The van der Waals surface area contributed by atoms with E-state index in [-0.39, 0.29) is 23.8 Å². The zero-order valence-corrected chi connectivity index (χ0v) is 7.08. The molecule has 0 unspecified atom stereocenters. The average Bonchev–Trinajstić information content (AvgIpc) is 1.98. The van der Waals surface area contributed by atoms with Gasteiger partial charge in [-0.1, -0.05) is 0 Å². The lowest BCUT2D eigenvalue weighted by Crippen LogP contribution is -2.32. The summed E-state index contributed by atoms with van der Waals surface area (Å²) in [6.07, 6.45) is 2.40. The number of ketones is 1. The highest BCUT2D eigenvalue weighted by atomic mass is 16.5. The van der Waals surface area contributed by atoms with E-state index in [1.54, 1.807) is 0 Å². The van der Waals surface area contributed by atoms with Crippen molar-refractivity contribution >= 4 is 11.8 Å². The molecule has 66 valence electrons. The fourth-order valence-corrected chi connectivity index (χ4v) is 2.21. The Labute approximate surface area is 71.1 Å². The first-order valence-corrected chi connectivity index (χ1v) is 4.38. The van der Waals surface area contributed by atoms with Crippen molar-refractivity contribution in [2.24, 2.45) is 11.8 Å². The lowest BCUT2D eigenvalue weighted by atomic mass is 9.75. The van der Waals surface area contributed by atoms with E-state index >= 15 is 0 Å². The number of rotatable bonds is 1. The number of carbonyl (C=O) groups is 2. The van der Waals surface area contributed by atoms with E-state index in [0.29, 0.717) is 12.3 Å². The molecule has 0 aromatic carbocycles. The molecule has 0 heterocycles. The van der Waals surface area contributed by atoms with E-state index in [0.717, 1.165) is 12.8 Å². The van der Waals surface area contributed by atoms with Gasteiger partial charge in [-0.2, -0.15) is 0 Å². The normalized spacial score (nSPS) is 38.8. The predicted octanol–water partition coefficient (Wildman–Crippen LogP) is 0.917. The molecular formula is C9H12O3. The lowest BCUT2D eigenvalue weighted by Gasteiger charge is -2.31. The van der Waals surface area contributed by atoms with Crippen LogP contribution in [0.15, 0.2) is 0 Å². The summed E-state index contributed by atoms with van der Waals surface area (Å²) in [6, 6.07) is 0. The summed E-state index contributed by atoms with van der Waals surface area (Å²) in [4.78, 5) is 21.9. The molecule has 0 radical (unpaired) electrons. The molecule has 12 heavy (non-hydrogen) atoms. The fraction of sp³-hybridized carbons (Fsp3) is 0.778. The molecule has 0 spiro atoms. The molecule has 3 nitrogen and oxygen atoms in total. The smallest absolute Gasteiger partial charge is 0.302 e. The van der Waals surface area contributed by atoms with Crippen molar-refractivity contribution in [1.82, 2.24) is 0 Å². The molecule has 3 atom stereocenters. The predicted molar refractivity (Wildman–Crippen MR) is 41.4 cm³/mol. The van der Waals surface area contributed by atoms with Gasteiger partial charge in [0.2, 0.25) is 0 Å². The van der Waals surface area contributed by atoms with Crippen LogP contribution in [0.4, 0.5) is 0 Å². The molecule has 3 heteroatoms. The Morgan fingerprint density at radius 2 is 2.25 bits per heavy atom. The fourth-order valence-electron chi connectivity index (χ4n) is 2.21. The van der Waals surface area contributed by atoms with Gasteiger partial charge >= 0.3 is 5.97 Å². The second kappa shape index (κ2) is 2.57. The summed E-state index contributed by atoms with van der Waals surface area (Å²) < 4.78 is 5.06. The van der Waals surface area contributed by atoms with Crippen LogP contribution in [0.1, 0.15) is 26.2 Å². The van der Waals surface area contributed by atoms with E-state index in [2.05, 4.69) is 0 Å². The van der Waals surface area contributed by atoms with Gasteiger partial charge in [0.15, 0.2) is 0 Å². The van der Waals surface area contributed by atoms with Crippen molar-refractivity contribution in [2.75, 3.05) is 0 Å². The summed E-state index contributed by atoms with van der Waals surface area (Å²) in [5.74, 6) is 0.591. The Hall–Kier alpha value is -0.860. The zero-order chi connectivity index (χ0) is 8.72. The SMILES string of the molecule is CC(=O)O[C@@H]1CC(=O)[C@@H]2CC[C@H]12. The van der Waals surface area contributed by atoms with Crippen LogP contribution in [0.25, 0.3) is 0 Å². The van der Waals surface area contributed by atoms with Gasteiger partial charge in [0, 0.05) is 25.2 Å². The molecule has 2 fully saturated rings. The number of ether oxygens (including phenoxy) is 1. The molecule has 0 amide bonds. The second-order valence-corrected chi connectivity index (χ2v) is 3.67. The minimum atomic E-state index is -0.264. The highest BCUT2D eigenvalue weighted by Gasteiger charge is 2.49. The van der Waals surface area contributed by atoms with Crippen molar-refractivity contribution < 1.29 is 14.3 Å². The van der Waals surface area contributed by atoms with E-state index in [4.69, 9.17) is 4.74 Å². The van der Waals surface area contributed by atoms with Crippen LogP contribution in [-0.4, -0.2) is 17.9 Å². The van der Waals surface area contributed by atoms with Crippen LogP contribution in [0.2, 0.25) is 0 Å². The topological polar surface area (TPSA) is 43.4 Å². The third kappa shape index (κ3) is 1.04. The molecule has 2 aliphatic carbocycles. The summed E-state index contributed by atoms with van der Waals surface area (Å²) in [7, 11) is 0. The molecule has 0 aromatic rings. The summed E-state index contributed by atoms with van der Waals surface area (Å²) >= 11 is 0. The molecular weight excluding hydrogens is 156 g/mol. The highest BCUT2D eigenvalue weighted by Crippen LogP contribution is 2.45. The Kier molecular flexibility index (Phi) is 1.67. The first-order valence-electron chi connectivity index (χ1n) is 4.38. The van der Waals surface area contributed by atoms with Crippen LogP contribution in [0.3, 0.4) is 0 Å². The van der Waals surface area contributed by atoms with Gasteiger partial charge in [-0.3, -0.25) is 9.59 Å². The first kappa shape index (κ1) is 7.77. The van der Waals surface area contributed by atoms with E-state index in [1.807, 2.05) is 0 Å². The van der Waals surface area contributed by atoms with Crippen LogP contribution in [-0.2, 0) is 14.3 Å². The van der Waals surface area contributed by atoms with E-state index in [9.17, 15) is 9.59 Å². The molecule has 0 aromatic heterocycles. The summed E-state index contributed by atoms with van der Waals surface area (Å²) in [6.45, 7) is 1.40. The summed E-state index contributed by atoms with van der Waals surface area (Å²) in [5, 5.41) is 0. The van der Waals surface area contributed by atoms with Gasteiger partial charge in [-0.25, -0.2) is 0 Å². The Morgan fingerprint density at radius 1 is 1.50 bits per heavy atom. The van der Waals surface area contributed by atoms with E-state index < -0.39 is 0 Å². The Morgan fingerprint density at radius 3 is 2.67 bits per heavy atom. The maximum Gasteiger partial charge on any atom is 0.302 e. The number of carbonyl (C=O) groups excluding carboxylic acids is 2. The van der Waals surface area contributed by atoms with Gasteiger partial charge in [0.25, 0.3) is 0 Å². The van der Waals surface area contributed by atoms with Crippen LogP contribution in [0, 0.1) is 11.8 Å². The monoisotopic (exact) mass is 168 g/mol. The maximum atomic E-state index is 11.2. The minimum absolute atomic E-state index is 0.103. The van der Waals surface area contributed by atoms with Gasteiger partial charge in [-0.15, -0.1) is 0 Å². The molecule has 0 bridgehead atoms. The van der Waals surface area contributed by atoms with Gasteiger partial charge in [-0.05, 0) is 12.8 Å². The molecule has 2 saturated carbocycles. The van der Waals surface area contributed by atoms with Crippen molar-refractivity contribution in [2.45, 2.75) is 32.3 Å². The molecule has 2 rings (SSSR count). The van der Waals surface area contributed by atoms with Gasteiger partial charge in [0.1, 0.15) is 11.9 Å². The maximum absolute atomic E-state index is 11.2. The Balaban J connectivity index is 2.00. The standard InChI is InChI=1S/C9H12O3/c1-5(10)12-9-4-8(11)6-2-3-7(6)9/h6-7,9H,2-4H2,1H3/t6-,7+,9-/m1/s1. The number of fused-ring (bicyclic) bond motifs is 1. The second-order valence-electron chi connectivity index (χ2n) is 3.67. The third-order valence-corrected chi connectivity index (χ3v) is 2.94. The minimum Gasteiger partial charge on any atom is -0.462 e. The van der Waals surface area contributed by atoms with Gasteiger partial charge < -0.3 is 4.74 Å². The van der Waals surface area contributed by atoms with Crippen molar-refractivity contribution in [3.63, 3.8) is 0 Å². The van der Waals surface area contributed by atoms with Crippen LogP contribution < -0.4 is 0 Å². The van der Waals surface area contributed by atoms with Crippen LogP contribution in [0.5, 0.6) is 0 Å². The number of hydrogen-bond acceptors (Lipinski definition) is 3. The third-order valence-electron chi connectivity index (χ3n) is 2.94. The average molecular weight is 168 g/mol. The van der Waals surface area contributed by atoms with Crippen molar-refractivity contribution in [1.29, 1.82) is 0 Å². The lowest BCUT2D eigenvalue weighted by molar-refractivity contribution is -0.149. The zero-order valence-electron chi connectivity index (χ0n) is 7.08. The van der Waals surface area contributed by atoms with Crippen molar-refractivity contribution in [3.05, 3.63) is 0 Å².